The molecule has 0 radical (unpaired) electrons. The van der Waals surface area contributed by atoms with Crippen LogP contribution in [0.4, 0.5) is 0 Å². The molecule has 6 nitrogen and oxygen atoms in total. The third kappa shape index (κ3) is 4.79. The van der Waals surface area contributed by atoms with Gasteiger partial charge in [0.1, 0.15) is 4.90 Å². The van der Waals surface area contributed by atoms with Crippen LogP contribution in [-0.2, 0) is 16.6 Å². The summed E-state index contributed by atoms with van der Waals surface area (Å²) in [7, 11) is -3.59. The van der Waals surface area contributed by atoms with Crippen molar-refractivity contribution in [3.05, 3.63) is 11.4 Å². The molecule has 0 aromatic carbocycles. The van der Waals surface area contributed by atoms with Gasteiger partial charge in [-0.2, -0.15) is 5.10 Å². The Kier molecular flexibility index (Phi) is 5.57. The van der Waals surface area contributed by atoms with Gasteiger partial charge in [-0.05, 0) is 19.3 Å². The average molecular weight is 316 g/mol. The van der Waals surface area contributed by atoms with Crippen LogP contribution in [0.5, 0.6) is 0 Å². The van der Waals surface area contributed by atoms with Crippen molar-refractivity contribution in [1.82, 2.24) is 20.2 Å². The second-order valence-electron chi connectivity index (χ2n) is 6.87. The molecule has 21 heavy (non-hydrogen) atoms. The molecule has 0 fully saturated rings. The number of nitrogens with zero attached hydrogens (tertiary/aromatic N) is 1. The molecule has 1 rings (SSSR count). The Morgan fingerprint density at radius 1 is 1.24 bits per heavy atom. The highest BCUT2D eigenvalue weighted by Crippen LogP contribution is 2.23. The van der Waals surface area contributed by atoms with Crippen LogP contribution in [0.2, 0.25) is 0 Å². The Balaban J connectivity index is 3.05. The predicted octanol–water partition coefficient (Wildman–Crippen LogP) is 1.93. The predicted molar refractivity (Wildman–Crippen MR) is 84.5 cm³/mol. The number of aromatic nitrogens is 2. The Morgan fingerprint density at radius 2 is 1.81 bits per heavy atom. The van der Waals surface area contributed by atoms with E-state index < -0.39 is 10.0 Å². The molecule has 0 bridgehead atoms. The summed E-state index contributed by atoms with van der Waals surface area (Å²) in [5, 5.41) is 10.1. The normalized spacial score (nSPS) is 14.7. The summed E-state index contributed by atoms with van der Waals surface area (Å²) in [5.41, 5.74) is 0.931. The lowest BCUT2D eigenvalue weighted by molar-refractivity contribution is 0.317. The van der Waals surface area contributed by atoms with Crippen molar-refractivity contribution in [2.75, 3.05) is 0 Å². The number of nitrogens with one attached hydrogen (secondary N) is 3. The summed E-state index contributed by atoms with van der Waals surface area (Å²) in [6.45, 7) is 14.0. The number of aryl methyl sites for hydroxylation is 1. The lowest BCUT2D eigenvalue weighted by Gasteiger charge is -2.27. The van der Waals surface area contributed by atoms with Crippen LogP contribution in [0.1, 0.15) is 52.9 Å². The van der Waals surface area contributed by atoms with E-state index in [1.54, 1.807) is 6.92 Å². The third-order valence-electron chi connectivity index (χ3n) is 3.54. The second-order valence-corrected chi connectivity index (χ2v) is 8.52. The van der Waals surface area contributed by atoms with Crippen molar-refractivity contribution in [2.24, 2.45) is 5.41 Å². The lowest BCUT2D eigenvalue weighted by Crippen LogP contribution is -2.41. The molecule has 7 heteroatoms. The average Bonchev–Trinajstić information content (AvgIpc) is 2.66. The quantitative estimate of drug-likeness (QED) is 0.748. The molecule has 0 spiro atoms. The van der Waals surface area contributed by atoms with Crippen molar-refractivity contribution in [3.63, 3.8) is 0 Å². The van der Waals surface area contributed by atoms with Gasteiger partial charge in [0, 0.05) is 18.6 Å². The first kappa shape index (κ1) is 18.1. The molecule has 0 aliphatic heterocycles. The molecule has 1 aromatic heterocycles. The highest BCUT2D eigenvalue weighted by atomic mass is 32.2. The van der Waals surface area contributed by atoms with Crippen molar-refractivity contribution >= 4 is 10.0 Å². The highest BCUT2D eigenvalue weighted by Gasteiger charge is 2.30. The maximum atomic E-state index is 12.6. The van der Waals surface area contributed by atoms with Crippen LogP contribution in [0, 0.1) is 12.3 Å². The first-order valence-electron chi connectivity index (χ1n) is 7.24. The molecule has 0 amide bonds. The molecule has 1 heterocycles. The van der Waals surface area contributed by atoms with Gasteiger partial charge in [-0.15, -0.1) is 0 Å². The van der Waals surface area contributed by atoms with Gasteiger partial charge in [-0.25, -0.2) is 13.1 Å². The molecule has 0 aliphatic rings. The lowest BCUT2D eigenvalue weighted by atomic mass is 9.89. The van der Waals surface area contributed by atoms with Crippen molar-refractivity contribution in [2.45, 2.75) is 72.0 Å². The molecule has 1 atom stereocenters. The number of hydrogen-bond donors (Lipinski definition) is 3. The summed E-state index contributed by atoms with van der Waals surface area (Å²) in [4.78, 5) is 0.256. The van der Waals surface area contributed by atoms with Crippen LogP contribution < -0.4 is 10.0 Å². The molecular formula is C14H28N4O2S. The molecule has 1 aromatic rings. The monoisotopic (exact) mass is 316 g/mol. The molecule has 122 valence electrons. The first-order valence-corrected chi connectivity index (χ1v) is 8.73. The Bertz CT molecular complexity index is 570. The summed E-state index contributed by atoms with van der Waals surface area (Å²) in [5.74, 6) is 0. The van der Waals surface area contributed by atoms with Gasteiger partial charge >= 0.3 is 0 Å². The minimum absolute atomic E-state index is 0.152. The van der Waals surface area contributed by atoms with Crippen LogP contribution in [0.3, 0.4) is 0 Å². The van der Waals surface area contributed by atoms with E-state index in [0.29, 0.717) is 17.9 Å². The van der Waals surface area contributed by atoms with Crippen LogP contribution in [-0.4, -0.2) is 30.7 Å². The number of rotatable bonds is 6. The Morgan fingerprint density at radius 3 is 2.29 bits per heavy atom. The number of hydrogen-bond acceptors (Lipinski definition) is 4. The fourth-order valence-corrected chi connectivity index (χ4v) is 3.53. The first-order chi connectivity index (χ1) is 9.45. The summed E-state index contributed by atoms with van der Waals surface area (Å²) in [6, 6.07) is 0.0849. The zero-order valence-corrected chi connectivity index (χ0v) is 14.9. The van der Waals surface area contributed by atoms with Crippen LogP contribution in [0.15, 0.2) is 4.90 Å². The number of sulfonamides is 1. The fourth-order valence-electron chi connectivity index (χ4n) is 1.71. The van der Waals surface area contributed by atoms with E-state index in [2.05, 4.69) is 20.2 Å². The Labute approximate surface area is 128 Å². The van der Waals surface area contributed by atoms with Crippen molar-refractivity contribution < 1.29 is 8.42 Å². The fraction of sp³-hybridized carbons (Fsp3) is 0.786. The Hall–Kier alpha value is -0.920. The van der Waals surface area contributed by atoms with E-state index in [4.69, 9.17) is 0 Å². The maximum absolute atomic E-state index is 12.6. The van der Waals surface area contributed by atoms with Gasteiger partial charge in [0.25, 0.3) is 0 Å². The van der Waals surface area contributed by atoms with Gasteiger partial charge in [0.05, 0.1) is 11.4 Å². The van der Waals surface area contributed by atoms with E-state index >= 15 is 0 Å². The zero-order valence-electron chi connectivity index (χ0n) is 14.0. The standard InChI is InChI=1S/C14H28N4O2S/c1-9(2)15-8-12-13(10(3)16-17-12)21(19,20)18-11(4)14(5,6)7/h9,11,15,18H,8H2,1-7H3,(H,16,17). The van der Waals surface area contributed by atoms with Gasteiger partial charge in [-0.1, -0.05) is 34.6 Å². The van der Waals surface area contributed by atoms with Crippen molar-refractivity contribution in [3.8, 4) is 0 Å². The highest BCUT2D eigenvalue weighted by molar-refractivity contribution is 7.89. The second kappa shape index (κ2) is 6.46. The number of aromatic amines is 1. The minimum atomic E-state index is -3.59. The molecule has 1 unspecified atom stereocenters. The van der Waals surface area contributed by atoms with E-state index in [9.17, 15) is 8.42 Å². The largest absolute Gasteiger partial charge is 0.309 e. The van der Waals surface area contributed by atoms with E-state index in [1.807, 2.05) is 41.5 Å². The summed E-state index contributed by atoms with van der Waals surface area (Å²) in [6.07, 6.45) is 0. The minimum Gasteiger partial charge on any atom is -0.309 e. The molecule has 3 N–H and O–H groups in total. The molecule has 0 saturated carbocycles. The maximum Gasteiger partial charge on any atom is 0.244 e. The summed E-state index contributed by atoms with van der Waals surface area (Å²) >= 11 is 0. The van der Waals surface area contributed by atoms with Gasteiger partial charge in [0.15, 0.2) is 0 Å². The topological polar surface area (TPSA) is 86.9 Å². The van der Waals surface area contributed by atoms with Crippen molar-refractivity contribution in [1.29, 1.82) is 0 Å². The smallest absolute Gasteiger partial charge is 0.244 e. The molecular weight excluding hydrogens is 288 g/mol. The van der Waals surface area contributed by atoms with Gasteiger partial charge in [-0.3, -0.25) is 5.10 Å². The molecule has 0 aliphatic carbocycles. The SMILES string of the molecule is Cc1[nH]nc(CNC(C)C)c1S(=O)(=O)NC(C)C(C)(C)C. The van der Waals surface area contributed by atoms with Gasteiger partial charge in [0.2, 0.25) is 10.0 Å². The van der Waals surface area contributed by atoms with Crippen LogP contribution in [0.25, 0.3) is 0 Å². The van der Waals surface area contributed by atoms with E-state index in [1.165, 1.54) is 0 Å². The van der Waals surface area contributed by atoms with E-state index in [-0.39, 0.29) is 22.4 Å². The van der Waals surface area contributed by atoms with E-state index in [0.717, 1.165) is 0 Å². The molecule has 0 saturated heterocycles. The van der Waals surface area contributed by atoms with Crippen LogP contribution >= 0.6 is 0 Å². The van der Waals surface area contributed by atoms with Gasteiger partial charge < -0.3 is 5.32 Å². The third-order valence-corrected chi connectivity index (χ3v) is 5.28. The zero-order chi connectivity index (χ0) is 16.4. The number of H-pyrrole nitrogens is 1. The summed E-state index contributed by atoms with van der Waals surface area (Å²) < 4.78 is 28.0.